The fraction of sp³-hybridized carbons (Fsp3) is 0.200. The van der Waals surface area contributed by atoms with Gasteiger partial charge in [0.05, 0.1) is 5.76 Å². The van der Waals surface area contributed by atoms with Crippen molar-refractivity contribution in [3.8, 4) is 0 Å². The summed E-state index contributed by atoms with van der Waals surface area (Å²) >= 11 is 0. The normalized spacial score (nSPS) is 10.8. The van der Waals surface area contributed by atoms with Crippen LogP contribution in [-0.2, 0) is 6.18 Å². The molecule has 0 fully saturated rings. The van der Waals surface area contributed by atoms with Crippen molar-refractivity contribution in [1.29, 1.82) is 0 Å². The first kappa shape index (κ1) is 11.5. The van der Waals surface area contributed by atoms with Gasteiger partial charge in [0.15, 0.2) is 5.63 Å². The predicted octanol–water partition coefficient (Wildman–Crippen LogP) is -1.62. The maximum atomic E-state index is 11.6. The fourth-order valence-corrected chi connectivity index (χ4v) is 0.472. The maximum absolute atomic E-state index is 11.6. The van der Waals surface area contributed by atoms with E-state index >= 15 is 0 Å². The first-order chi connectivity index (χ1) is 4.50. The Balaban J connectivity index is 0.000001000. The van der Waals surface area contributed by atoms with Crippen molar-refractivity contribution >= 4 is 0 Å². The summed E-state index contributed by atoms with van der Waals surface area (Å²) in [6.45, 7) is 0. The van der Waals surface area contributed by atoms with E-state index in [4.69, 9.17) is 0 Å². The minimum atomic E-state index is -4.55. The summed E-state index contributed by atoms with van der Waals surface area (Å²) in [6, 6.07) is 1.32. The van der Waals surface area contributed by atoms with Crippen LogP contribution in [-0.4, -0.2) is 0 Å². The van der Waals surface area contributed by atoms with Crippen molar-refractivity contribution in [2.45, 2.75) is 6.18 Å². The Morgan fingerprint density at radius 2 is 2.00 bits per heavy atom. The fourth-order valence-electron chi connectivity index (χ4n) is 0.472. The van der Waals surface area contributed by atoms with Crippen molar-refractivity contribution in [2.24, 2.45) is 0 Å². The van der Waals surface area contributed by atoms with E-state index in [2.05, 4.69) is 4.42 Å². The van der Waals surface area contributed by atoms with Crippen LogP contribution in [0.15, 0.2) is 21.3 Å². The third-order valence-electron chi connectivity index (χ3n) is 0.861. The van der Waals surface area contributed by atoms with Crippen LogP contribution < -0.4 is 57.0 Å². The molecule has 0 radical (unpaired) electrons. The Bertz CT molecular complexity index is 272. The second-order valence-corrected chi connectivity index (χ2v) is 1.62. The summed E-state index contributed by atoms with van der Waals surface area (Å²) < 4.78 is 38.5. The second-order valence-electron chi connectivity index (χ2n) is 1.62. The summed E-state index contributed by atoms with van der Waals surface area (Å²) in [5.41, 5.74) is -0.979. The standard InChI is InChI=1S/C5H2F3O2.K/c6-5(7,8)3-1-2-4(9)10-3;/h1-2H;/q-1;+1. The van der Waals surface area contributed by atoms with Gasteiger partial charge in [0.25, 0.3) is 0 Å². The van der Waals surface area contributed by atoms with Crippen molar-refractivity contribution in [3.63, 3.8) is 0 Å². The molecule has 56 valence electrons. The average molecular weight is 190 g/mol. The van der Waals surface area contributed by atoms with Crippen LogP contribution in [0, 0.1) is 0 Å². The Hall–Kier alpha value is 0.506. The van der Waals surface area contributed by atoms with Gasteiger partial charge in [-0.05, 0) is 0 Å². The van der Waals surface area contributed by atoms with Crippen LogP contribution >= 0.6 is 0 Å². The summed E-state index contributed by atoms with van der Waals surface area (Å²) in [7, 11) is 0. The van der Waals surface area contributed by atoms with Gasteiger partial charge in [0.2, 0.25) is 0 Å². The summed E-state index contributed by atoms with van der Waals surface area (Å²) in [6.07, 6.45) is -4.55. The van der Waals surface area contributed by atoms with Gasteiger partial charge in [-0.2, -0.15) is 13.2 Å². The summed E-state index contributed by atoms with van der Waals surface area (Å²) in [5.74, 6) is -1.25. The molecule has 0 saturated heterocycles. The van der Waals surface area contributed by atoms with Gasteiger partial charge in [0.1, 0.15) is 0 Å². The molecular weight excluding hydrogens is 188 g/mol. The van der Waals surface area contributed by atoms with Gasteiger partial charge in [-0.3, -0.25) is 0 Å². The van der Waals surface area contributed by atoms with Crippen molar-refractivity contribution in [3.05, 3.63) is 28.3 Å². The molecule has 0 amide bonds. The Labute approximate surface area is 102 Å². The largest absolute Gasteiger partial charge is 1.00 e. The molecule has 0 unspecified atom stereocenters. The molecule has 0 aromatic carbocycles. The van der Waals surface area contributed by atoms with E-state index in [1.165, 1.54) is 0 Å². The molecule has 1 aromatic heterocycles. The number of alkyl halides is 3. The number of halogens is 3. The molecule has 0 N–H and O–H groups in total. The zero-order valence-corrected chi connectivity index (χ0v) is 8.73. The first-order valence-corrected chi connectivity index (χ1v) is 2.34. The topological polar surface area (TPSA) is 30.2 Å². The average Bonchev–Trinajstić information content (AvgIpc) is 2.11. The minimum Gasteiger partial charge on any atom is -0.548 e. The molecule has 0 aliphatic heterocycles. The molecule has 0 aliphatic rings. The smallest absolute Gasteiger partial charge is 0.548 e. The number of hydrogen-bond donors (Lipinski definition) is 0. The van der Waals surface area contributed by atoms with Crippen LogP contribution in [0.2, 0.25) is 0 Å². The van der Waals surface area contributed by atoms with E-state index in [9.17, 15) is 18.0 Å². The molecule has 0 aliphatic carbocycles. The van der Waals surface area contributed by atoms with E-state index in [0.29, 0.717) is 6.07 Å². The van der Waals surface area contributed by atoms with E-state index < -0.39 is 17.6 Å². The number of furan rings is 1. The van der Waals surface area contributed by atoms with E-state index in [0.717, 1.165) is 6.07 Å². The molecule has 2 nitrogen and oxygen atoms in total. The van der Waals surface area contributed by atoms with Crippen LogP contribution in [0.3, 0.4) is 0 Å². The predicted molar refractivity (Wildman–Crippen MR) is 25.6 cm³/mol. The van der Waals surface area contributed by atoms with E-state index in [1.54, 1.807) is 0 Å². The summed E-state index contributed by atoms with van der Waals surface area (Å²) in [5, 5.41) is 0. The molecule has 1 heterocycles. The molecule has 0 atom stereocenters. The van der Waals surface area contributed by atoms with E-state index in [-0.39, 0.29) is 51.4 Å². The van der Waals surface area contributed by atoms with Crippen molar-refractivity contribution < 1.29 is 69.0 Å². The third kappa shape index (κ3) is 3.16. The van der Waals surface area contributed by atoms with Crippen molar-refractivity contribution in [1.82, 2.24) is 0 Å². The first-order valence-electron chi connectivity index (χ1n) is 2.34. The zero-order valence-electron chi connectivity index (χ0n) is 5.61. The number of rotatable bonds is 0. The molecule has 6 heteroatoms. The van der Waals surface area contributed by atoms with Gasteiger partial charge in [-0.25, -0.2) is 0 Å². The van der Waals surface area contributed by atoms with Crippen molar-refractivity contribution in [2.75, 3.05) is 0 Å². The second kappa shape index (κ2) is 3.95. The monoisotopic (exact) mass is 190 g/mol. The molecule has 0 bridgehead atoms. The molecule has 11 heavy (non-hydrogen) atoms. The Morgan fingerprint density at radius 1 is 1.45 bits per heavy atom. The van der Waals surface area contributed by atoms with Gasteiger partial charge < -0.3 is 9.21 Å². The van der Waals surface area contributed by atoms with Crippen LogP contribution in [0.5, 0.6) is 0 Å². The molecule has 0 spiro atoms. The van der Waals surface area contributed by atoms with Gasteiger partial charge in [0, 0.05) is 0 Å². The van der Waals surface area contributed by atoms with Crippen LogP contribution in [0.4, 0.5) is 13.2 Å². The molecule has 1 rings (SSSR count). The maximum Gasteiger partial charge on any atom is 1.00 e. The minimum absolute atomic E-state index is 0. The van der Waals surface area contributed by atoms with Gasteiger partial charge >= 0.3 is 57.6 Å². The van der Waals surface area contributed by atoms with E-state index in [1.807, 2.05) is 0 Å². The SMILES string of the molecule is O=c1cc[c-](C(F)(F)F)o1.[K+]. The third-order valence-corrected chi connectivity index (χ3v) is 0.861. The molecular formula is C5H2F3KO2. The zero-order chi connectivity index (χ0) is 7.78. The Kier molecular flexibility index (Phi) is 4.13. The van der Waals surface area contributed by atoms with Crippen LogP contribution in [0.1, 0.15) is 5.76 Å². The van der Waals surface area contributed by atoms with Gasteiger partial charge in [-0.15, -0.1) is 12.1 Å². The number of hydrogen-bond acceptors (Lipinski definition) is 2. The van der Waals surface area contributed by atoms with Crippen LogP contribution in [0.25, 0.3) is 0 Å². The molecule has 0 saturated carbocycles. The Morgan fingerprint density at radius 3 is 2.18 bits per heavy atom. The molecule has 1 aromatic rings. The van der Waals surface area contributed by atoms with Gasteiger partial charge in [-0.1, -0.05) is 0 Å². The quantitative estimate of drug-likeness (QED) is 0.363. The summed E-state index contributed by atoms with van der Waals surface area (Å²) in [4.78, 5) is 10.1.